The fourth-order valence-electron chi connectivity index (χ4n) is 2.86. The average Bonchev–Trinajstić information content (AvgIpc) is 2.82. The Morgan fingerprint density at radius 2 is 1.64 bits per heavy atom. The van der Waals surface area contributed by atoms with Crippen LogP contribution in [-0.2, 0) is 14.8 Å². The highest BCUT2D eigenvalue weighted by Gasteiger charge is 2.28. The second kappa shape index (κ2) is 7.24. The van der Waals surface area contributed by atoms with Gasteiger partial charge in [0.15, 0.2) is 0 Å². The summed E-state index contributed by atoms with van der Waals surface area (Å²) in [6.07, 6.45) is 6.33. The molecule has 0 atom stereocenters. The lowest BCUT2D eigenvalue weighted by molar-refractivity contribution is 0.0600. The van der Waals surface area contributed by atoms with Gasteiger partial charge in [0.1, 0.15) is 0 Å². The standard InChI is InChI=1S/C16H23NO4S/c1-17(14-7-5-3-4-6-8-14)22(19,20)15-11-9-13(10-12-15)16(18)21-2/h9-12,14H,3-8H2,1-2H3. The highest BCUT2D eigenvalue weighted by molar-refractivity contribution is 7.89. The number of rotatable bonds is 4. The summed E-state index contributed by atoms with van der Waals surface area (Å²) in [4.78, 5) is 11.6. The van der Waals surface area contributed by atoms with Gasteiger partial charge in [-0.1, -0.05) is 25.7 Å². The molecule has 122 valence electrons. The van der Waals surface area contributed by atoms with E-state index in [9.17, 15) is 13.2 Å². The zero-order valence-corrected chi connectivity index (χ0v) is 13.9. The van der Waals surface area contributed by atoms with Crippen LogP contribution in [0.1, 0.15) is 48.9 Å². The van der Waals surface area contributed by atoms with Crippen molar-refractivity contribution >= 4 is 16.0 Å². The minimum Gasteiger partial charge on any atom is -0.465 e. The molecule has 22 heavy (non-hydrogen) atoms. The maximum Gasteiger partial charge on any atom is 0.337 e. The molecule has 1 fully saturated rings. The molecule has 0 aliphatic heterocycles. The van der Waals surface area contributed by atoms with Crippen molar-refractivity contribution < 1.29 is 17.9 Å². The van der Waals surface area contributed by atoms with Crippen molar-refractivity contribution in [3.8, 4) is 0 Å². The van der Waals surface area contributed by atoms with E-state index in [-0.39, 0.29) is 10.9 Å². The van der Waals surface area contributed by atoms with Gasteiger partial charge in [0.25, 0.3) is 0 Å². The van der Waals surface area contributed by atoms with Crippen molar-refractivity contribution in [1.29, 1.82) is 0 Å². The molecule has 1 saturated carbocycles. The number of methoxy groups -OCH3 is 1. The van der Waals surface area contributed by atoms with E-state index in [2.05, 4.69) is 4.74 Å². The smallest absolute Gasteiger partial charge is 0.337 e. The third-order valence-electron chi connectivity index (χ3n) is 4.29. The van der Waals surface area contributed by atoms with Crippen molar-refractivity contribution in [2.24, 2.45) is 0 Å². The topological polar surface area (TPSA) is 63.7 Å². The Labute approximate surface area is 132 Å². The van der Waals surface area contributed by atoms with Gasteiger partial charge in [0, 0.05) is 13.1 Å². The molecular formula is C16H23NO4S. The zero-order valence-electron chi connectivity index (χ0n) is 13.1. The number of sulfonamides is 1. The Morgan fingerprint density at radius 3 is 2.14 bits per heavy atom. The first-order valence-electron chi connectivity index (χ1n) is 7.63. The number of carbonyl (C=O) groups excluding carboxylic acids is 1. The van der Waals surface area contributed by atoms with E-state index in [1.54, 1.807) is 7.05 Å². The van der Waals surface area contributed by atoms with Crippen molar-refractivity contribution in [1.82, 2.24) is 4.31 Å². The van der Waals surface area contributed by atoms with Gasteiger partial charge in [-0.15, -0.1) is 0 Å². The Morgan fingerprint density at radius 1 is 1.09 bits per heavy atom. The molecule has 0 radical (unpaired) electrons. The van der Waals surface area contributed by atoms with E-state index in [1.807, 2.05) is 0 Å². The molecular weight excluding hydrogens is 302 g/mol. The van der Waals surface area contributed by atoms with Crippen LogP contribution in [0.15, 0.2) is 29.2 Å². The van der Waals surface area contributed by atoms with Gasteiger partial charge < -0.3 is 4.74 Å². The molecule has 0 bridgehead atoms. The number of hydrogen-bond acceptors (Lipinski definition) is 4. The monoisotopic (exact) mass is 325 g/mol. The predicted molar refractivity (Wildman–Crippen MR) is 84.2 cm³/mol. The second-order valence-electron chi connectivity index (χ2n) is 5.68. The molecule has 1 aliphatic carbocycles. The van der Waals surface area contributed by atoms with E-state index in [0.29, 0.717) is 5.56 Å². The Kier molecular flexibility index (Phi) is 5.58. The third-order valence-corrected chi connectivity index (χ3v) is 6.22. The van der Waals surface area contributed by atoms with Gasteiger partial charge in [-0.2, -0.15) is 4.31 Å². The molecule has 0 N–H and O–H groups in total. The Hall–Kier alpha value is -1.40. The Bertz CT molecular complexity index is 602. The van der Waals surface area contributed by atoms with Crippen LogP contribution in [0.2, 0.25) is 0 Å². The van der Waals surface area contributed by atoms with Crippen molar-refractivity contribution in [3.05, 3.63) is 29.8 Å². The first kappa shape index (κ1) is 17.0. The van der Waals surface area contributed by atoms with E-state index < -0.39 is 16.0 Å². The van der Waals surface area contributed by atoms with Crippen LogP contribution in [0.5, 0.6) is 0 Å². The number of ether oxygens (including phenoxy) is 1. The van der Waals surface area contributed by atoms with Crippen LogP contribution in [-0.4, -0.2) is 38.9 Å². The van der Waals surface area contributed by atoms with Crippen LogP contribution >= 0.6 is 0 Å². The second-order valence-corrected chi connectivity index (χ2v) is 7.68. The van der Waals surface area contributed by atoms with E-state index in [4.69, 9.17) is 0 Å². The van der Waals surface area contributed by atoms with Gasteiger partial charge in [0.05, 0.1) is 17.6 Å². The summed E-state index contributed by atoms with van der Waals surface area (Å²) in [7, 11) is -0.572. The first-order valence-corrected chi connectivity index (χ1v) is 9.07. The van der Waals surface area contributed by atoms with E-state index >= 15 is 0 Å². The molecule has 0 spiro atoms. The molecule has 1 aromatic carbocycles. The Balaban J connectivity index is 2.19. The van der Waals surface area contributed by atoms with Crippen LogP contribution in [0, 0.1) is 0 Å². The van der Waals surface area contributed by atoms with E-state index in [1.165, 1.54) is 48.5 Å². The molecule has 6 heteroatoms. The average molecular weight is 325 g/mol. The number of nitrogens with zero attached hydrogens (tertiary/aromatic N) is 1. The summed E-state index contributed by atoms with van der Waals surface area (Å²) in [5.74, 6) is -0.471. The van der Waals surface area contributed by atoms with Crippen molar-refractivity contribution in [3.63, 3.8) is 0 Å². The summed E-state index contributed by atoms with van der Waals surface area (Å²) < 4.78 is 31.5. The number of esters is 1. The molecule has 0 unspecified atom stereocenters. The minimum atomic E-state index is -3.52. The summed E-state index contributed by atoms with van der Waals surface area (Å²) in [6.45, 7) is 0. The van der Waals surface area contributed by atoms with Crippen molar-refractivity contribution in [2.45, 2.75) is 49.5 Å². The van der Waals surface area contributed by atoms with Gasteiger partial charge in [-0.25, -0.2) is 13.2 Å². The van der Waals surface area contributed by atoms with Gasteiger partial charge >= 0.3 is 5.97 Å². The van der Waals surface area contributed by atoms with Gasteiger partial charge in [-0.05, 0) is 37.1 Å². The number of hydrogen-bond donors (Lipinski definition) is 0. The lowest BCUT2D eigenvalue weighted by Crippen LogP contribution is -2.36. The molecule has 1 aliphatic rings. The highest BCUT2D eigenvalue weighted by atomic mass is 32.2. The molecule has 2 rings (SSSR count). The first-order chi connectivity index (χ1) is 10.5. The SMILES string of the molecule is COC(=O)c1ccc(S(=O)(=O)N(C)C2CCCCCC2)cc1. The normalized spacial score (nSPS) is 17.2. The zero-order chi connectivity index (χ0) is 16.2. The van der Waals surface area contributed by atoms with Gasteiger partial charge in [-0.3, -0.25) is 0 Å². The lowest BCUT2D eigenvalue weighted by Gasteiger charge is -2.26. The predicted octanol–water partition coefficient (Wildman–Crippen LogP) is 2.82. The molecule has 0 aromatic heterocycles. The van der Waals surface area contributed by atoms with Crippen LogP contribution in [0.25, 0.3) is 0 Å². The van der Waals surface area contributed by atoms with Crippen LogP contribution in [0.3, 0.4) is 0 Å². The van der Waals surface area contributed by atoms with Crippen LogP contribution in [0.4, 0.5) is 0 Å². The minimum absolute atomic E-state index is 0.0628. The summed E-state index contributed by atoms with van der Waals surface area (Å²) in [5, 5.41) is 0. The van der Waals surface area contributed by atoms with Gasteiger partial charge in [0.2, 0.25) is 10.0 Å². The number of carbonyl (C=O) groups is 1. The van der Waals surface area contributed by atoms with Crippen molar-refractivity contribution in [2.75, 3.05) is 14.2 Å². The number of benzene rings is 1. The fraction of sp³-hybridized carbons (Fsp3) is 0.562. The molecule has 1 aromatic rings. The molecule has 5 nitrogen and oxygen atoms in total. The van der Waals surface area contributed by atoms with Crippen LogP contribution < -0.4 is 0 Å². The highest BCUT2D eigenvalue weighted by Crippen LogP contribution is 2.26. The molecule has 0 saturated heterocycles. The maximum absolute atomic E-state index is 12.7. The lowest BCUT2D eigenvalue weighted by atomic mass is 10.1. The molecule has 0 heterocycles. The van der Waals surface area contributed by atoms with E-state index in [0.717, 1.165) is 25.7 Å². The summed E-state index contributed by atoms with van der Waals surface area (Å²) in [6, 6.07) is 5.97. The molecule has 0 amide bonds. The summed E-state index contributed by atoms with van der Waals surface area (Å²) >= 11 is 0. The largest absolute Gasteiger partial charge is 0.465 e. The quantitative estimate of drug-likeness (QED) is 0.631. The summed E-state index contributed by atoms with van der Waals surface area (Å²) in [5.41, 5.74) is 0.346. The fourth-order valence-corrected chi connectivity index (χ4v) is 4.28. The maximum atomic E-state index is 12.7. The third kappa shape index (κ3) is 3.67.